The lowest BCUT2D eigenvalue weighted by Gasteiger charge is -2.41. The fraction of sp³-hybridized carbons (Fsp3) is 0.929. The molecule has 0 bridgehead atoms. The number of methoxy groups -OCH3 is 1. The van der Waals surface area contributed by atoms with E-state index in [0.29, 0.717) is 5.92 Å². The maximum Gasteiger partial charge on any atom is 0.323 e. The Morgan fingerprint density at radius 1 is 1.35 bits per heavy atom. The molecular formula is C14H27NO2. The summed E-state index contributed by atoms with van der Waals surface area (Å²) in [6, 6.07) is -0.504. The average Bonchev–Trinajstić information content (AvgIpc) is 2.36. The van der Waals surface area contributed by atoms with Gasteiger partial charge in [0.15, 0.2) is 0 Å². The van der Waals surface area contributed by atoms with E-state index in [1.165, 1.54) is 39.2 Å². The van der Waals surface area contributed by atoms with Crippen LogP contribution in [0.25, 0.3) is 0 Å². The SMILES string of the molecule is CCC1CCC(C(C)(C)C(N)C(=O)OC)CC1. The number of hydrogen-bond acceptors (Lipinski definition) is 3. The van der Waals surface area contributed by atoms with Crippen LogP contribution < -0.4 is 5.73 Å². The van der Waals surface area contributed by atoms with Gasteiger partial charge in [0.1, 0.15) is 6.04 Å². The van der Waals surface area contributed by atoms with Crippen LogP contribution in [0, 0.1) is 17.3 Å². The number of carbonyl (C=O) groups excluding carboxylic acids is 1. The van der Waals surface area contributed by atoms with Gasteiger partial charge in [-0.05, 0) is 30.1 Å². The first kappa shape index (κ1) is 14.5. The summed E-state index contributed by atoms with van der Waals surface area (Å²) in [6.45, 7) is 6.47. The van der Waals surface area contributed by atoms with Crippen molar-refractivity contribution in [2.45, 2.75) is 58.9 Å². The minimum Gasteiger partial charge on any atom is -0.468 e. The van der Waals surface area contributed by atoms with Crippen LogP contribution in [0.3, 0.4) is 0 Å². The van der Waals surface area contributed by atoms with E-state index in [2.05, 4.69) is 20.8 Å². The number of hydrogen-bond donors (Lipinski definition) is 1. The Labute approximate surface area is 105 Å². The molecule has 1 atom stereocenters. The third-order valence-electron chi connectivity index (χ3n) is 4.73. The van der Waals surface area contributed by atoms with Gasteiger partial charge in [0, 0.05) is 0 Å². The summed E-state index contributed by atoms with van der Waals surface area (Å²) in [5.41, 5.74) is 5.87. The van der Waals surface area contributed by atoms with E-state index in [1.54, 1.807) is 0 Å². The first-order valence-electron chi connectivity index (χ1n) is 6.76. The molecule has 0 aromatic rings. The van der Waals surface area contributed by atoms with Gasteiger partial charge in [-0.3, -0.25) is 4.79 Å². The molecule has 100 valence electrons. The predicted octanol–water partition coefficient (Wildman–Crippen LogP) is 2.73. The molecule has 0 aromatic carbocycles. The van der Waals surface area contributed by atoms with Crippen LogP contribution >= 0.6 is 0 Å². The molecule has 1 rings (SSSR count). The van der Waals surface area contributed by atoms with Crippen molar-refractivity contribution in [2.75, 3.05) is 7.11 Å². The molecule has 1 saturated carbocycles. The highest BCUT2D eigenvalue weighted by molar-refractivity contribution is 5.76. The third kappa shape index (κ3) is 3.21. The Morgan fingerprint density at radius 2 is 1.88 bits per heavy atom. The fourth-order valence-corrected chi connectivity index (χ4v) is 3.00. The predicted molar refractivity (Wildman–Crippen MR) is 69.5 cm³/mol. The van der Waals surface area contributed by atoms with Gasteiger partial charge < -0.3 is 10.5 Å². The summed E-state index contributed by atoms with van der Waals surface area (Å²) in [6.07, 6.45) is 6.21. The summed E-state index contributed by atoms with van der Waals surface area (Å²) < 4.78 is 4.77. The normalized spacial score (nSPS) is 27.6. The molecule has 3 heteroatoms. The van der Waals surface area contributed by atoms with Crippen LogP contribution in [0.2, 0.25) is 0 Å². The topological polar surface area (TPSA) is 52.3 Å². The van der Waals surface area contributed by atoms with Crippen molar-refractivity contribution in [3.63, 3.8) is 0 Å². The van der Waals surface area contributed by atoms with Crippen molar-refractivity contribution >= 4 is 5.97 Å². The van der Waals surface area contributed by atoms with E-state index in [0.717, 1.165) is 5.92 Å². The van der Waals surface area contributed by atoms with Crippen LogP contribution in [-0.4, -0.2) is 19.1 Å². The Kier molecular flexibility index (Phi) is 4.99. The standard InChI is InChI=1S/C14H27NO2/c1-5-10-6-8-11(9-7-10)14(2,3)12(15)13(16)17-4/h10-12H,5-9,15H2,1-4H3. The summed E-state index contributed by atoms with van der Waals surface area (Å²) in [4.78, 5) is 11.6. The van der Waals surface area contributed by atoms with Gasteiger partial charge in [0.05, 0.1) is 7.11 Å². The summed E-state index contributed by atoms with van der Waals surface area (Å²) >= 11 is 0. The first-order chi connectivity index (χ1) is 7.93. The van der Waals surface area contributed by atoms with Crippen molar-refractivity contribution in [1.29, 1.82) is 0 Å². The molecule has 1 fully saturated rings. The van der Waals surface area contributed by atoms with Gasteiger partial charge in [0.25, 0.3) is 0 Å². The van der Waals surface area contributed by atoms with Crippen LogP contribution in [0.15, 0.2) is 0 Å². The maximum absolute atomic E-state index is 11.6. The van der Waals surface area contributed by atoms with Crippen LogP contribution in [0.5, 0.6) is 0 Å². The van der Waals surface area contributed by atoms with Crippen LogP contribution in [0.4, 0.5) is 0 Å². The highest BCUT2D eigenvalue weighted by Crippen LogP contribution is 2.42. The zero-order chi connectivity index (χ0) is 13.1. The molecule has 3 nitrogen and oxygen atoms in total. The van der Waals surface area contributed by atoms with Gasteiger partial charge in [-0.25, -0.2) is 0 Å². The van der Waals surface area contributed by atoms with Crippen molar-refractivity contribution in [1.82, 2.24) is 0 Å². The fourth-order valence-electron chi connectivity index (χ4n) is 3.00. The molecule has 1 aliphatic rings. The van der Waals surface area contributed by atoms with E-state index < -0.39 is 6.04 Å². The number of rotatable bonds is 4. The third-order valence-corrected chi connectivity index (χ3v) is 4.73. The summed E-state index contributed by atoms with van der Waals surface area (Å²) in [5, 5.41) is 0. The Bertz CT molecular complexity index is 255. The lowest BCUT2D eigenvalue weighted by atomic mass is 9.65. The van der Waals surface area contributed by atoms with Gasteiger partial charge >= 0.3 is 5.97 Å². The second-order valence-corrected chi connectivity index (χ2v) is 5.95. The molecule has 0 spiro atoms. The van der Waals surface area contributed by atoms with Gasteiger partial charge in [-0.15, -0.1) is 0 Å². The molecule has 0 amide bonds. The highest BCUT2D eigenvalue weighted by atomic mass is 16.5. The van der Waals surface area contributed by atoms with Crippen molar-refractivity contribution in [3.05, 3.63) is 0 Å². The Balaban J connectivity index is 2.62. The molecule has 2 N–H and O–H groups in total. The van der Waals surface area contributed by atoms with E-state index in [1.807, 2.05) is 0 Å². The molecular weight excluding hydrogens is 214 g/mol. The molecule has 17 heavy (non-hydrogen) atoms. The first-order valence-corrected chi connectivity index (χ1v) is 6.76. The molecule has 0 saturated heterocycles. The Hall–Kier alpha value is -0.570. The van der Waals surface area contributed by atoms with E-state index >= 15 is 0 Å². The van der Waals surface area contributed by atoms with Crippen molar-refractivity contribution < 1.29 is 9.53 Å². The minimum atomic E-state index is -0.504. The zero-order valence-corrected chi connectivity index (χ0v) is 11.7. The summed E-state index contributed by atoms with van der Waals surface area (Å²) in [5.74, 6) is 1.13. The Morgan fingerprint density at radius 3 is 2.29 bits per heavy atom. The number of nitrogens with two attached hydrogens (primary N) is 1. The molecule has 1 aliphatic carbocycles. The average molecular weight is 241 g/mol. The van der Waals surface area contributed by atoms with E-state index in [-0.39, 0.29) is 11.4 Å². The molecule has 0 heterocycles. The largest absolute Gasteiger partial charge is 0.468 e. The quantitative estimate of drug-likeness (QED) is 0.770. The molecule has 0 aromatic heterocycles. The van der Waals surface area contributed by atoms with Crippen LogP contribution in [-0.2, 0) is 9.53 Å². The number of esters is 1. The van der Waals surface area contributed by atoms with Crippen molar-refractivity contribution in [3.8, 4) is 0 Å². The van der Waals surface area contributed by atoms with Gasteiger partial charge in [-0.1, -0.05) is 40.0 Å². The molecule has 1 unspecified atom stereocenters. The smallest absolute Gasteiger partial charge is 0.323 e. The maximum atomic E-state index is 11.6. The number of ether oxygens (including phenoxy) is 1. The highest BCUT2D eigenvalue weighted by Gasteiger charge is 2.40. The van der Waals surface area contributed by atoms with Crippen molar-refractivity contribution in [2.24, 2.45) is 23.0 Å². The molecule has 0 aliphatic heterocycles. The minimum absolute atomic E-state index is 0.161. The van der Waals surface area contributed by atoms with E-state index in [9.17, 15) is 4.79 Å². The lowest BCUT2D eigenvalue weighted by molar-refractivity contribution is -0.146. The zero-order valence-electron chi connectivity index (χ0n) is 11.7. The lowest BCUT2D eigenvalue weighted by Crippen LogP contribution is -2.49. The monoisotopic (exact) mass is 241 g/mol. The van der Waals surface area contributed by atoms with E-state index in [4.69, 9.17) is 10.5 Å². The van der Waals surface area contributed by atoms with Crippen LogP contribution in [0.1, 0.15) is 52.9 Å². The van der Waals surface area contributed by atoms with Gasteiger partial charge in [0.2, 0.25) is 0 Å². The van der Waals surface area contributed by atoms with Gasteiger partial charge in [-0.2, -0.15) is 0 Å². The second-order valence-electron chi connectivity index (χ2n) is 5.95. The second kappa shape index (κ2) is 5.85. The number of carbonyl (C=O) groups is 1. The molecule has 0 radical (unpaired) electrons. The summed E-state index contributed by atoms with van der Waals surface area (Å²) in [7, 11) is 1.41.